The fourth-order valence-corrected chi connectivity index (χ4v) is 3.31. The number of nitrogens with zero attached hydrogens (tertiary/aromatic N) is 1. The van der Waals surface area contributed by atoms with Crippen LogP contribution in [0.2, 0.25) is 0 Å². The summed E-state index contributed by atoms with van der Waals surface area (Å²) < 4.78 is 23.5. The van der Waals surface area contributed by atoms with Gasteiger partial charge in [-0.15, -0.1) is 0 Å². The summed E-state index contributed by atoms with van der Waals surface area (Å²) in [6.45, 7) is 9.67. The van der Waals surface area contributed by atoms with Crippen LogP contribution in [0.5, 0.6) is 11.5 Å². The molecule has 1 fully saturated rings. The maximum atomic E-state index is 12.3. The van der Waals surface area contributed by atoms with Gasteiger partial charge in [-0.3, -0.25) is 4.79 Å². The van der Waals surface area contributed by atoms with Gasteiger partial charge in [-0.2, -0.15) is 5.26 Å². The Hall–Kier alpha value is -2.76. The van der Waals surface area contributed by atoms with Gasteiger partial charge in [-0.05, 0) is 58.3 Å². The van der Waals surface area contributed by atoms with Gasteiger partial charge in [-0.1, -0.05) is 0 Å². The van der Waals surface area contributed by atoms with Gasteiger partial charge in [0.1, 0.15) is 23.1 Å². The molecule has 7 nitrogen and oxygen atoms in total. The van der Waals surface area contributed by atoms with Crippen LogP contribution in [0.15, 0.2) is 23.0 Å². The zero-order chi connectivity index (χ0) is 21.6. The average molecular weight is 396 g/mol. The van der Waals surface area contributed by atoms with Crippen molar-refractivity contribution in [3.8, 4) is 28.7 Å². The van der Waals surface area contributed by atoms with Crippen LogP contribution < -0.4 is 20.5 Å². The van der Waals surface area contributed by atoms with Crippen LogP contribution in [0.25, 0.3) is 11.1 Å². The Kier molecular flexibility index (Phi) is 5.24. The zero-order valence-corrected chi connectivity index (χ0v) is 17.8. The summed E-state index contributed by atoms with van der Waals surface area (Å²) in [6.07, 6.45) is 0. The standard InChI is InChI=1S/C21H25BN2O5/c1-12-8-14(15(11-23)19(25)24-12)18-16(26-6)9-13(10-17(18)27-7)22-28-20(2,3)21(4,5)29-22/h8-10H,1-7H3,(H,24,25). The van der Waals surface area contributed by atoms with Crippen molar-refractivity contribution in [2.24, 2.45) is 0 Å². The molecule has 29 heavy (non-hydrogen) atoms. The first-order chi connectivity index (χ1) is 13.5. The van der Waals surface area contributed by atoms with E-state index < -0.39 is 23.9 Å². The van der Waals surface area contributed by atoms with Gasteiger partial charge in [0.05, 0.1) is 31.0 Å². The molecule has 1 aromatic heterocycles. The smallest absolute Gasteiger partial charge is 0.495 e. The monoisotopic (exact) mass is 396 g/mol. The largest absolute Gasteiger partial charge is 0.496 e. The molecule has 0 bridgehead atoms. The quantitative estimate of drug-likeness (QED) is 0.799. The lowest BCUT2D eigenvalue weighted by molar-refractivity contribution is 0.00578. The number of aryl methyl sites for hydroxylation is 1. The van der Waals surface area contributed by atoms with E-state index in [9.17, 15) is 10.1 Å². The Balaban J connectivity index is 2.21. The molecule has 2 aromatic rings. The van der Waals surface area contributed by atoms with Crippen LogP contribution in [-0.2, 0) is 9.31 Å². The molecule has 1 aliphatic rings. The Morgan fingerprint density at radius 2 is 1.55 bits per heavy atom. The van der Waals surface area contributed by atoms with Crippen LogP contribution in [0.3, 0.4) is 0 Å². The van der Waals surface area contributed by atoms with E-state index in [1.54, 1.807) is 25.1 Å². The van der Waals surface area contributed by atoms with Gasteiger partial charge < -0.3 is 23.8 Å². The summed E-state index contributed by atoms with van der Waals surface area (Å²) in [5.74, 6) is 0.908. The number of aromatic nitrogens is 1. The van der Waals surface area contributed by atoms with E-state index >= 15 is 0 Å². The minimum atomic E-state index is -0.604. The molecule has 1 aliphatic heterocycles. The van der Waals surface area contributed by atoms with Gasteiger partial charge >= 0.3 is 7.12 Å². The summed E-state index contributed by atoms with van der Waals surface area (Å²) >= 11 is 0. The van der Waals surface area contributed by atoms with Gasteiger partial charge in [0.25, 0.3) is 5.56 Å². The number of rotatable bonds is 4. The highest BCUT2D eigenvalue weighted by atomic mass is 16.7. The van der Waals surface area contributed by atoms with E-state index in [-0.39, 0.29) is 5.56 Å². The molecule has 2 heterocycles. The lowest BCUT2D eigenvalue weighted by Crippen LogP contribution is -2.41. The molecule has 152 valence electrons. The molecular formula is C21H25BN2O5. The van der Waals surface area contributed by atoms with Crippen molar-refractivity contribution in [2.45, 2.75) is 45.8 Å². The summed E-state index contributed by atoms with van der Waals surface area (Å²) in [7, 11) is 2.45. The highest BCUT2D eigenvalue weighted by Gasteiger charge is 2.52. The van der Waals surface area contributed by atoms with Crippen molar-refractivity contribution in [1.29, 1.82) is 5.26 Å². The van der Waals surface area contributed by atoms with E-state index in [4.69, 9.17) is 18.8 Å². The van der Waals surface area contributed by atoms with Crippen molar-refractivity contribution in [3.63, 3.8) is 0 Å². The third kappa shape index (κ3) is 3.52. The predicted molar refractivity (Wildman–Crippen MR) is 111 cm³/mol. The van der Waals surface area contributed by atoms with E-state index in [1.807, 2.05) is 33.8 Å². The fourth-order valence-electron chi connectivity index (χ4n) is 3.31. The van der Waals surface area contributed by atoms with Crippen LogP contribution in [0.1, 0.15) is 39.0 Å². The highest BCUT2D eigenvalue weighted by Crippen LogP contribution is 2.41. The molecule has 0 aliphatic carbocycles. The molecule has 1 aromatic carbocycles. The fraction of sp³-hybridized carbons (Fsp3) is 0.429. The lowest BCUT2D eigenvalue weighted by Gasteiger charge is -2.32. The topological polar surface area (TPSA) is 93.6 Å². The van der Waals surface area contributed by atoms with Crippen LogP contribution >= 0.6 is 0 Å². The Morgan fingerprint density at radius 3 is 2.00 bits per heavy atom. The Bertz CT molecular complexity index is 1010. The number of ether oxygens (including phenoxy) is 2. The molecule has 0 amide bonds. The minimum Gasteiger partial charge on any atom is -0.496 e. The van der Waals surface area contributed by atoms with Gasteiger partial charge in [0, 0.05) is 11.3 Å². The molecule has 0 saturated carbocycles. The molecule has 0 atom stereocenters. The summed E-state index contributed by atoms with van der Waals surface area (Å²) in [5, 5.41) is 9.53. The second kappa shape index (κ2) is 7.25. The van der Waals surface area contributed by atoms with E-state index in [1.165, 1.54) is 14.2 Å². The van der Waals surface area contributed by atoms with Crippen molar-refractivity contribution in [3.05, 3.63) is 39.8 Å². The first kappa shape index (κ1) is 21.0. The molecule has 3 rings (SSSR count). The molecule has 0 spiro atoms. The Morgan fingerprint density at radius 1 is 1.03 bits per heavy atom. The third-order valence-electron chi connectivity index (χ3n) is 5.60. The first-order valence-electron chi connectivity index (χ1n) is 9.30. The number of pyridine rings is 1. The second-order valence-electron chi connectivity index (χ2n) is 8.07. The van der Waals surface area contributed by atoms with Crippen molar-refractivity contribution in [1.82, 2.24) is 4.98 Å². The van der Waals surface area contributed by atoms with Crippen molar-refractivity contribution >= 4 is 12.6 Å². The minimum absolute atomic E-state index is 0.00409. The molecule has 1 N–H and O–H groups in total. The van der Waals surface area contributed by atoms with E-state index in [2.05, 4.69) is 4.98 Å². The molecule has 8 heteroatoms. The van der Waals surface area contributed by atoms with E-state index in [0.29, 0.717) is 28.3 Å². The summed E-state index contributed by atoms with van der Waals surface area (Å²) in [6, 6.07) is 7.29. The number of H-pyrrole nitrogens is 1. The number of benzene rings is 1. The third-order valence-corrected chi connectivity index (χ3v) is 5.60. The van der Waals surface area contributed by atoms with Crippen molar-refractivity contribution < 1.29 is 18.8 Å². The molecule has 0 radical (unpaired) electrons. The summed E-state index contributed by atoms with van der Waals surface area (Å²) in [4.78, 5) is 14.9. The van der Waals surface area contributed by atoms with Gasteiger partial charge in [-0.25, -0.2) is 0 Å². The maximum Gasteiger partial charge on any atom is 0.495 e. The van der Waals surface area contributed by atoms with E-state index in [0.717, 1.165) is 5.46 Å². The SMILES string of the molecule is COc1cc(B2OC(C)(C)C(C)(C)O2)cc(OC)c1-c1cc(C)[nH]c(=O)c1C#N. The van der Waals surface area contributed by atoms with Crippen LogP contribution in [0.4, 0.5) is 0 Å². The van der Waals surface area contributed by atoms with Gasteiger partial charge in [0.15, 0.2) is 0 Å². The number of nitrogens with one attached hydrogen (secondary N) is 1. The van der Waals surface area contributed by atoms with Gasteiger partial charge in [0.2, 0.25) is 0 Å². The molecule has 1 saturated heterocycles. The second-order valence-corrected chi connectivity index (χ2v) is 8.07. The predicted octanol–water partition coefficient (Wildman–Crippen LogP) is 2.54. The normalized spacial score (nSPS) is 17.1. The first-order valence-corrected chi connectivity index (χ1v) is 9.30. The number of nitriles is 1. The highest BCUT2D eigenvalue weighted by molar-refractivity contribution is 6.62. The number of hydrogen-bond donors (Lipinski definition) is 1. The number of aromatic amines is 1. The van der Waals surface area contributed by atoms with Crippen LogP contribution in [-0.4, -0.2) is 37.5 Å². The number of hydrogen-bond acceptors (Lipinski definition) is 6. The number of methoxy groups -OCH3 is 2. The molecular weight excluding hydrogens is 371 g/mol. The summed E-state index contributed by atoms with van der Waals surface area (Å²) in [5.41, 5.74) is 0.883. The molecule has 0 unspecified atom stereocenters. The maximum absolute atomic E-state index is 12.3. The van der Waals surface area contributed by atoms with Crippen molar-refractivity contribution in [2.75, 3.05) is 14.2 Å². The van der Waals surface area contributed by atoms with Crippen LogP contribution in [0, 0.1) is 18.3 Å². The lowest BCUT2D eigenvalue weighted by atomic mass is 9.77. The Labute approximate surface area is 170 Å². The average Bonchev–Trinajstić information content (AvgIpc) is 2.87. The zero-order valence-electron chi connectivity index (χ0n) is 17.8.